The lowest BCUT2D eigenvalue weighted by Crippen LogP contribution is -2.47. The van der Waals surface area contributed by atoms with Crippen LogP contribution in [0.25, 0.3) is 0 Å². The van der Waals surface area contributed by atoms with Gasteiger partial charge in [-0.25, -0.2) is 0 Å². The minimum absolute atomic E-state index is 0.0827. The van der Waals surface area contributed by atoms with E-state index in [1.807, 2.05) is 20.8 Å². The number of likely N-dealkylation sites (N-methyl/N-ethyl adjacent to an activating group) is 1. The maximum absolute atomic E-state index is 11.6. The zero-order valence-corrected chi connectivity index (χ0v) is 10.2. The summed E-state index contributed by atoms with van der Waals surface area (Å²) in [7, 11) is 2.07. The second-order valence-corrected chi connectivity index (χ2v) is 5.22. The molecule has 0 radical (unpaired) electrons. The molecule has 0 aromatic carbocycles. The van der Waals surface area contributed by atoms with Crippen molar-refractivity contribution in [1.82, 2.24) is 10.2 Å². The van der Waals surface area contributed by atoms with Gasteiger partial charge in [0.25, 0.3) is 0 Å². The summed E-state index contributed by atoms with van der Waals surface area (Å²) in [6, 6.07) is 0. The molecule has 0 aromatic heterocycles. The molecule has 88 valence electrons. The second-order valence-electron chi connectivity index (χ2n) is 5.22. The van der Waals surface area contributed by atoms with Gasteiger partial charge in [-0.15, -0.1) is 0 Å². The van der Waals surface area contributed by atoms with Crippen LogP contribution in [0.3, 0.4) is 0 Å². The first-order valence-corrected chi connectivity index (χ1v) is 5.48. The van der Waals surface area contributed by atoms with Crippen LogP contribution in [0.5, 0.6) is 0 Å². The van der Waals surface area contributed by atoms with Gasteiger partial charge >= 0.3 is 0 Å². The summed E-state index contributed by atoms with van der Waals surface area (Å²) in [5, 5.41) is 2.92. The average Bonchev–Trinajstić information content (AvgIpc) is 2.12. The third-order valence-corrected chi connectivity index (χ3v) is 2.51. The predicted octanol–water partition coefficient (Wildman–Crippen LogP) is 0.479. The fourth-order valence-corrected chi connectivity index (χ4v) is 1.46. The Morgan fingerprint density at radius 1 is 1.53 bits per heavy atom. The standard InChI is InChI=1S/C11H22N2O2/c1-11(2,3)10(14)12-7-9-8-13(4)5-6-15-9/h9H,5-8H2,1-4H3,(H,12,14). The molecule has 0 bridgehead atoms. The van der Waals surface area contributed by atoms with Crippen molar-refractivity contribution in [2.75, 3.05) is 33.3 Å². The van der Waals surface area contributed by atoms with Gasteiger partial charge < -0.3 is 15.0 Å². The van der Waals surface area contributed by atoms with Gasteiger partial charge in [-0.05, 0) is 7.05 Å². The largest absolute Gasteiger partial charge is 0.374 e. The molecule has 1 aliphatic heterocycles. The molecule has 1 saturated heterocycles. The lowest BCUT2D eigenvalue weighted by atomic mass is 9.96. The molecule has 4 nitrogen and oxygen atoms in total. The summed E-state index contributed by atoms with van der Waals surface area (Å²) in [5.74, 6) is 0.0827. The van der Waals surface area contributed by atoms with Crippen molar-refractivity contribution in [3.8, 4) is 0 Å². The van der Waals surface area contributed by atoms with E-state index in [9.17, 15) is 4.79 Å². The van der Waals surface area contributed by atoms with Gasteiger partial charge in [0.05, 0.1) is 12.7 Å². The smallest absolute Gasteiger partial charge is 0.225 e. The highest BCUT2D eigenvalue weighted by atomic mass is 16.5. The number of carbonyl (C=O) groups is 1. The van der Waals surface area contributed by atoms with Gasteiger partial charge in [-0.2, -0.15) is 0 Å². The van der Waals surface area contributed by atoms with Crippen molar-refractivity contribution >= 4 is 5.91 Å². The van der Waals surface area contributed by atoms with Crippen molar-refractivity contribution in [2.45, 2.75) is 26.9 Å². The molecule has 0 saturated carbocycles. The predicted molar refractivity (Wildman–Crippen MR) is 59.7 cm³/mol. The maximum atomic E-state index is 11.6. The normalized spacial score (nSPS) is 23.9. The lowest BCUT2D eigenvalue weighted by molar-refractivity contribution is -0.129. The number of hydrogen-bond acceptors (Lipinski definition) is 3. The maximum Gasteiger partial charge on any atom is 0.225 e. The SMILES string of the molecule is CN1CCOC(CNC(=O)C(C)(C)C)C1. The molecule has 1 rings (SSSR count). The molecule has 0 spiro atoms. The fraction of sp³-hybridized carbons (Fsp3) is 0.909. The number of nitrogens with zero attached hydrogens (tertiary/aromatic N) is 1. The van der Waals surface area contributed by atoms with Crippen molar-refractivity contribution in [3.63, 3.8) is 0 Å². The zero-order chi connectivity index (χ0) is 11.5. The Hall–Kier alpha value is -0.610. The van der Waals surface area contributed by atoms with Gasteiger partial charge in [0.15, 0.2) is 0 Å². The molecule has 1 fully saturated rings. The van der Waals surface area contributed by atoms with Gasteiger partial charge in [0, 0.05) is 25.0 Å². The minimum Gasteiger partial charge on any atom is -0.374 e. The average molecular weight is 214 g/mol. The summed E-state index contributed by atoms with van der Waals surface area (Å²) in [6.45, 7) is 8.98. The van der Waals surface area contributed by atoms with Crippen LogP contribution in [0.2, 0.25) is 0 Å². The van der Waals surface area contributed by atoms with E-state index in [2.05, 4.69) is 17.3 Å². The lowest BCUT2D eigenvalue weighted by Gasteiger charge is -2.30. The van der Waals surface area contributed by atoms with E-state index < -0.39 is 0 Å². The van der Waals surface area contributed by atoms with Crippen molar-refractivity contribution in [3.05, 3.63) is 0 Å². The van der Waals surface area contributed by atoms with Gasteiger partial charge in [-0.1, -0.05) is 20.8 Å². The fourth-order valence-electron chi connectivity index (χ4n) is 1.46. The van der Waals surface area contributed by atoms with Crippen LogP contribution < -0.4 is 5.32 Å². The van der Waals surface area contributed by atoms with Crippen LogP contribution in [0, 0.1) is 5.41 Å². The van der Waals surface area contributed by atoms with Crippen molar-refractivity contribution in [2.24, 2.45) is 5.41 Å². The van der Waals surface area contributed by atoms with Crippen LogP contribution in [-0.2, 0) is 9.53 Å². The Kier molecular flexibility index (Phi) is 4.11. The number of ether oxygens (including phenoxy) is 1. The molecule has 0 aromatic rings. The second kappa shape index (κ2) is 4.94. The van der Waals surface area contributed by atoms with Gasteiger partial charge in [0.1, 0.15) is 0 Å². The Morgan fingerprint density at radius 2 is 2.20 bits per heavy atom. The van der Waals surface area contributed by atoms with E-state index in [4.69, 9.17) is 4.74 Å². The number of rotatable bonds is 2. The van der Waals surface area contributed by atoms with E-state index >= 15 is 0 Å². The van der Waals surface area contributed by atoms with Crippen LogP contribution in [-0.4, -0.2) is 50.2 Å². The van der Waals surface area contributed by atoms with Crippen molar-refractivity contribution < 1.29 is 9.53 Å². The first-order valence-electron chi connectivity index (χ1n) is 5.48. The van der Waals surface area contributed by atoms with Crippen molar-refractivity contribution in [1.29, 1.82) is 0 Å². The van der Waals surface area contributed by atoms with Gasteiger partial charge in [0.2, 0.25) is 5.91 Å². The molecule has 1 N–H and O–H groups in total. The highest BCUT2D eigenvalue weighted by Crippen LogP contribution is 2.12. The number of morpholine rings is 1. The number of carbonyl (C=O) groups excluding carboxylic acids is 1. The summed E-state index contributed by atoms with van der Waals surface area (Å²) >= 11 is 0. The van der Waals surface area contributed by atoms with E-state index in [1.54, 1.807) is 0 Å². The molecule has 1 heterocycles. The van der Waals surface area contributed by atoms with E-state index in [0.717, 1.165) is 19.7 Å². The van der Waals surface area contributed by atoms with E-state index in [0.29, 0.717) is 6.54 Å². The molecular weight excluding hydrogens is 192 g/mol. The third-order valence-electron chi connectivity index (χ3n) is 2.51. The summed E-state index contributed by atoms with van der Waals surface area (Å²) < 4.78 is 5.56. The number of hydrogen-bond donors (Lipinski definition) is 1. The molecule has 15 heavy (non-hydrogen) atoms. The molecule has 0 aliphatic carbocycles. The topological polar surface area (TPSA) is 41.6 Å². The highest BCUT2D eigenvalue weighted by molar-refractivity contribution is 5.81. The quantitative estimate of drug-likeness (QED) is 0.727. The summed E-state index contributed by atoms with van der Waals surface area (Å²) in [4.78, 5) is 13.8. The van der Waals surface area contributed by atoms with Gasteiger partial charge in [-0.3, -0.25) is 4.79 Å². The first-order chi connectivity index (χ1) is 6.89. The Bertz CT molecular complexity index is 223. The van der Waals surface area contributed by atoms with Crippen LogP contribution in [0.4, 0.5) is 0 Å². The molecule has 1 atom stereocenters. The highest BCUT2D eigenvalue weighted by Gasteiger charge is 2.23. The molecule has 4 heteroatoms. The molecule has 1 amide bonds. The number of amides is 1. The minimum atomic E-state index is -0.319. The first kappa shape index (κ1) is 12.5. The molecule has 1 aliphatic rings. The third kappa shape index (κ3) is 4.18. The zero-order valence-electron chi connectivity index (χ0n) is 10.2. The number of nitrogens with one attached hydrogen (secondary N) is 1. The van der Waals surface area contributed by atoms with Crippen LogP contribution in [0.15, 0.2) is 0 Å². The Morgan fingerprint density at radius 3 is 2.73 bits per heavy atom. The summed E-state index contributed by atoms with van der Waals surface area (Å²) in [6.07, 6.45) is 0.134. The Balaban J connectivity index is 2.28. The summed E-state index contributed by atoms with van der Waals surface area (Å²) in [5.41, 5.74) is -0.319. The monoisotopic (exact) mass is 214 g/mol. The molecule has 1 unspecified atom stereocenters. The van der Waals surface area contributed by atoms with Crippen LogP contribution >= 0.6 is 0 Å². The van der Waals surface area contributed by atoms with E-state index in [-0.39, 0.29) is 17.4 Å². The Labute approximate surface area is 92.0 Å². The van der Waals surface area contributed by atoms with E-state index in [1.165, 1.54) is 0 Å². The molecular formula is C11H22N2O2. The van der Waals surface area contributed by atoms with Crippen LogP contribution in [0.1, 0.15) is 20.8 Å².